The van der Waals surface area contributed by atoms with Gasteiger partial charge < -0.3 is 20.1 Å². The molecule has 0 unspecified atom stereocenters. The molecule has 0 aliphatic rings. The molecule has 0 aliphatic heterocycles. The number of carbonyl (C=O) groups excluding carboxylic acids is 1. The third-order valence-electron chi connectivity index (χ3n) is 3.55. The van der Waals surface area contributed by atoms with Crippen molar-refractivity contribution in [2.24, 2.45) is 5.73 Å². The van der Waals surface area contributed by atoms with Gasteiger partial charge in [0.25, 0.3) is 11.5 Å². The van der Waals surface area contributed by atoms with Crippen molar-refractivity contribution in [3.8, 4) is 16.9 Å². The fraction of sp³-hybridized carbons (Fsp3) is 0.250. The number of ether oxygens (including phenoxy) is 1. The van der Waals surface area contributed by atoms with Gasteiger partial charge in [-0.1, -0.05) is 12.1 Å². The monoisotopic (exact) mass is 302 g/mol. The number of amides is 1. The number of nitrogens with zero attached hydrogens (tertiary/aromatic N) is 1. The zero-order valence-electron chi connectivity index (χ0n) is 12.5. The number of hydrogen-bond acceptors (Lipinski definition) is 4. The topological polar surface area (TPSA) is 94.5 Å². The van der Waals surface area contributed by atoms with Crippen LogP contribution in [-0.4, -0.2) is 29.3 Å². The lowest BCUT2D eigenvalue weighted by atomic mass is 10.0. The summed E-state index contributed by atoms with van der Waals surface area (Å²) in [7, 11) is 1.58. The Morgan fingerprint density at radius 3 is 2.45 bits per heavy atom. The number of hydrogen-bond donors (Lipinski definition) is 2. The first-order chi connectivity index (χ1) is 10.5. The molecule has 6 heteroatoms. The second kappa shape index (κ2) is 6.44. The van der Waals surface area contributed by atoms with Crippen molar-refractivity contribution >= 4 is 5.91 Å². The minimum absolute atomic E-state index is 0.0927. The summed E-state index contributed by atoms with van der Waals surface area (Å²) in [5, 5.41) is 9.14. The van der Waals surface area contributed by atoms with Crippen LogP contribution in [0.1, 0.15) is 16.1 Å². The van der Waals surface area contributed by atoms with E-state index in [1.165, 1.54) is 10.6 Å². The van der Waals surface area contributed by atoms with Crippen LogP contribution in [0, 0.1) is 6.92 Å². The van der Waals surface area contributed by atoms with Gasteiger partial charge in [0.15, 0.2) is 0 Å². The van der Waals surface area contributed by atoms with E-state index < -0.39 is 11.5 Å². The lowest BCUT2D eigenvalue weighted by Crippen LogP contribution is -2.32. The number of carbonyl (C=O) groups is 1. The van der Waals surface area contributed by atoms with Crippen LogP contribution < -0.4 is 16.0 Å². The second-order valence-electron chi connectivity index (χ2n) is 4.83. The first-order valence-electron chi connectivity index (χ1n) is 6.79. The SMILES string of the molecule is COc1ccc(-c2cc(C(N)=O)c(=O)n(CCO)c2C)cc1. The van der Waals surface area contributed by atoms with E-state index in [1.54, 1.807) is 26.2 Å². The molecule has 1 heterocycles. The van der Waals surface area contributed by atoms with Crippen LogP contribution in [-0.2, 0) is 6.54 Å². The van der Waals surface area contributed by atoms with Crippen molar-refractivity contribution in [2.75, 3.05) is 13.7 Å². The van der Waals surface area contributed by atoms with E-state index in [4.69, 9.17) is 15.6 Å². The number of methoxy groups -OCH3 is 1. The fourth-order valence-electron chi connectivity index (χ4n) is 2.36. The minimum Gasteiger partial charge on any atom is -0.497 e. The van der Waals surface area contributed by atoms with Crippen molar-refractivity contribution in [1.29, 1.82) is 0 Å². The lowest BCUT2D eigenvalue weighted by Gasteiger charge is -2.15. The number of aliphatic hydroxyl groups excluding tert-OH is 1. The first kappa shape index (κ1) is 15.8. The van der Waals surface area contributed by atoms with Gasteiger partial charge in [0.2, 0.25) is 0 Å². The molecular formula is C16H18N2O4. The maximum atomic E-state index is 12.2. The Hall–Kier alpha value is -2.60. The van der Waals surface area contributed by atoms with E-state index in [2.05, 4.69) is 0 Å². The Balaban J connectivity index is 2.68. The molecule has 0 aliphatic carbocycles. The number of primary amides is 1. The van der Waals surface area contributed by atoms with Crippen LogP contribution in [0.25, 0.3) is 11.1 Å². The summed E-state index contributed by atoms with van der Waals surface area (Å²) in [5.41, 5.74) is 6.91. The van der Waals surface area contributed by atoms with Gasteiger partial charge in [0, 0.05) is 17.8 Å². The van der Waals surface area contributed by atoms with Crippen molar-refractivity contribution in [1.82, 2.24) is 4.57 Å². The third kappa shape index (κ3) is 2.87. The molecule has 1 aromatic heterocycles. The smallest absolute Gasteiger partial charge is 0.263 e. The molecule has 2 rings (SSSR count). The van der Waals surface area contributed by atoms with Gasteiger partial charge in [0.1, 0.15) is 11.3 Å². The minimum atomic E-state index is -0.786. The Bertz CT molecular complexity index is 748. The highest BCUT2D eigenvalue weighted by Gasteiger charge is 2.16. The van der Waals surface area contributed by atoms with Gasteiger partial charge in [0.05, 0.1) is 13.7 Å². The average Bonchev–Trinajstić information content (AvgIpc) is 2.51. The summed E-state index contributed by atoms with van der Waals surface area (Å²) in [6.45, 7) is 1.67. The van der Waals surface area contributed by atoms with Gasteiger partial charge in [-0.25, -0.2) is 0 Å². The molecule has 6 nitrogen and oxygen atoms in total. The summed E-state index contributed by atoms with van der Waals surface area (Å²) in [4.78, 5) is 23.7. The number of pyridine rings is 1. The molecule has 0 fully saturated rings. The number of rotatable bonds is 5. The quantitative estimate of drug-likeness (QED) is 0.858. The van der Waals surface area contributed by atoms with E-state index in [-0.39, 0.29) is 18.7 Å². The summed E-state index contributed by atoms with van der Waals surface area (Å²) >= 11 is 0. The molecule has 2 aromatic rings. The summed E-state index contributed by atoms with van der Waals surface area (Å²) < 4.78 is 6.48. The van der Waals surface area contributed by atoms with Crippen LogP contribution in [0.3, 0.4) is 0 Å². The number of benzene rings is 1. The van der Waals surface area contributed by atoms with Crippen molar-refractivity contribution in [3.05, 3.63) is 51.9 Å². The van der Waals surface area contributed by atoms with Crippen LogP contribution in [0.4, 0.5) is 0 Å². The lowest BCUT2D eigenvalue weighted by molar-refractivity contribution is 0.0998. The van der Waals surface area contributed by atoms with Crippen LogP contribution >= 0.6 is 0 Å². The Kier molecular flexibility index (Phi) is 4.62. The molecule has 3 N–H and O–H groups in total. The van der Waals surface area contributed by atoms with Gasteiger partial charge in [-0.15, -0.1) is 0 Å². The van der Waals surface area contributed by atoms with E-state index in [0.717, 1.165) is 5.56 Å². The van der Waals surface area contributed by atoms with E-state index in [0.29, 0.717) is 17.0 Å². The standard InChI is InChI=1S/C16H18N2O4/c1-10-13(11-3-5-12(22-2)6-4-11)9-14(15(17)20)16(21)18(10)7-8-19/h3-6,9,19H,7-8H2,1-2H3,(H2,17,20). The van der Waals surface area contributed by atoms with Crippen LogP contribution in [0.15, 0.2) is 35.1 Å². The summed E-state index contributed by atoms with van der Waals surface area (Å²) in [6, 6.07) is 8.75. The van der Waals surface area contributed by atoms with Crippen LogP contribution in [0.2, 0.25) is 0 Å². The fourth-order valence-corrected chi connectivity index (χ4v) is 2.36. The molecule has 1 aromatic carbocycles. The average molecular weight is 302 g/mol. The Labute approximate surface area is 127 Å². The molecular weight excluding hydrogens is 284 g/mol. The number of nitrogens with two attached hydrogens (primary N) is 1. The van der Waals surface area contributed by atoms with Crippen molar-refractivity contribution < 1.29 is 14.6 Å². The van der Waals surface area contributed by atoms with Gasteiger partial charge in [-0.05, 0) is 30.7 Å². The highest BCUT2D eigenvalue weighted by Crippen LogP contribution is 2.25. The number of aliphatic hydroxyl groups is 1. The maximum absolute atomic E-state index is 12.2. The molecule has 0 radical (unpaired) electrons. The molecule has 0 saturated carbocycles. The Morgan fingerprint density at radius 1 is 1.32 bits per heavy atom. The van der Waals surface area contributed by atoms with E-state index in [1.807, 2.05) is 12.1 Å². The summed E-state index contributed by atoms with van der Waals surface area (Å²) in [6.07, 6.45) is 0. The van der Waals surface area contributed by atoms with Gasteiger partial charge in [-0.2, -0.15) is 0 Å². The highest BCUT2D eigenvalue weighted by molar-refractivity contribution is 5.94. The maximum Gasteiger partial charge on any atom is 0.263 e. The Morgan fingerprint density at radius 2 is 1.95 bits per heavy atom. The molecule has 1 amide bonds. The second-order valence-corrected chi connectivity index (χ2v) is 4.83. The van der Waals surface area contributed by atoms with Crippen LogP contribution in [0.5, 0.6) is 5.75 Å². The normalized spacial score (nSPS) is 10.5. The molecule has 0 bridgehead atoms. The van der Waals surface area contributed by atoms with Gasteiger partial charge >= 0.3 is 0 Å². The molecule has 116 valence electrons. The zero-order valence-corrected chi connectivity index (χ0v) is 12.5. The molecule has 0 spiro atoms. The molecule has 0 saturated heterocycles. The molecule has 0 atom stereocenters. The van der Waals surface area contributed by atoms with Gasteiger partial charge in [-0.3, -0.25) is 9.59 Å². The largest absolute Gasteiger partial charge is 0.497 e. The number of aromatic nitrogens is 1. The van der Waals surface area contributed by atoms with E-state index in [9.17, 15) is 9.59 Å². The van der Waals surface area contributed by atoms with Crippen molar-refractivity contribution in [2.45, 2.75) is 13.5 Å². The molecule has 22 heavy (non-hydrogen) atoms. The van der Waals surface area contributed by atoms with E-state index >= 15 is 0 Å². The predicted octanol–water partition coefficient (Wildman–Crippen LogP) is 0.924. The first-order valence-corrected chi connectivity index (χ1v) is 6.79. The zero-order chi connectivity index (χ0) is 16.3. The third-order valence-corrected chi connectivity index (χ3v) is 3.55. The van der Waals surface area contributed by atoms with Crippen molar-refractivity contribution in [3.63, 3.8) is 0 Å². The predicted molar refractivity (Wildman–Crippen MR) is 83.0 cm³/mol. The highest BCUT2D eigenvalue weighted by atomic mass is 16.5. The summed E-state index contributed by atoms with van der Waals surface area (Å²) in [5.74, 6) is -0.0772.